The van der Waals surface area contributed by atoms with Crippen LogP contribution >= 0.6 is 0 Å². The molecule has 2 aromatic rings. The van der Waals surface area contributed by atoms with Crippen LogP contribution < -0.4 is 15.4 Å². The maximum Gasteiger partial charge on any atom is 0.246 e. The van der Waals surface area contributed by atoms with E-state index in [0.29, 0.717) is 37.3 Å². The molecule has 0 aliphatic carbocycles. The van der Waals surface area contributed by atoms with Crippen molar-refractivity contribution in [3.63, 3.8) is 0 Å². The normalized spacial score (nSPS) is 29.4. The molecule has 9 nitrogen and oxygen atoms in total. The Morgan fingerprint density at radius 2 is 1.72 bits per heavy atom. The predicted octanol–water partition coefficient (Wildman–Crippen LogP) is 4.97. The molecule has 2 aromatic carbocycles. The molecule has 3 aliphatic rings. The van der Waals surface area contributed by atoms with Crippen LogP contribution in [0.2, 0.25) is 0 Å². The van der Waals surface area contributed by atoms with Gasteiger partial charge in [-0.05, 0) is 88.1 Å². The fourth-order valence-corrected chi connectivity index (χ4v) is 8.70. The number of hydrogen-bond donors (Lipinski definition) is 3. The summed E-state index contributed by atoms with van der Waals surface area (Å²) < 4.78 is 12.5. The van der Waals surface area contributed by atoms with Crippen molar-refractivity contribution >= 4 is 23.4 Å². The summed E-state index contributed by atoms with van der Waals surface area (Å²) in [5, 5.41) is 17.0. The second-order valence-electron chi connectivity index (χ2n) is 15.5. The summed E-state index contributed by atoms with van der Waals surface area (Å²) in [4.78, 5) is 45.1. The number of likely N-dealkylation sites (tertiary alicyclic amines) is 1. The van der Waals surface area contributed by atoms with E-state index in [4.69, 9.17) is 9.47 Å². The summed E-state index contributed by atoms with van der Waals surface area (Å²) in [6.45, 7) is 16.4. The molecule has 3 N–H and O–H groups in total. The molecule has 0 saturated carbocycles. The minimum atomic E-state index is -1.22. The molecular weight excluding hydrogens is 582 g/mol. The average Bonchev–Trinajstić information content (AvgIpc) is 3.48. The lowest BCUT2D eigenvalue weighted by Gasteiger charge is -2.40. The number of anilines is 1. The molecule has 1 spiro atoms. The average molecular weight is 634 g/mol. The van der Waals surface area contributed by atoms with Crippen LogP contribution in [0.3, 0.4) is 0 Å². The number of aliphatic hydroxyl groups is 1. The van der Waals surface area contributed by atoms with E-state index in [9.17, 15) is 19.5 Å². The Kier molecular flexibility index (Phi) is 9.07. The zero-order chi connectivity index (χ0) is 33.7. The molecule has 3 saturated heterocycles. The summed E-state index contributed by atoms with van der Waals surface area (Å²) in [5.41, 5.74) is -1.31. The molecule has 3 aliphatic heterocycles. The Balaban J connectivity index is 1.54. The van der Waals surface area contributed by atoms with Crippen molar-refractivity contribution in [2.24, 2.45) is 23.2 Å². The van der Waals surface area contributed by atoms with Gasteiger partial charge in [0, 0.05) is 11.2 Å². The molecule has 3 heterocycles. The SMILES string of the molecule is CCOc1ccc(NC(=O)[C@@H]2[C@H]3C(=O)N([C@@H](CO)Cc4ccccc4)C(C(=O)NC(C)(C)CC(C)(C)C)C34CC(C)[C@@]2(C)O4)cc1. The van der Waals surface area contributed by atoms with Gasteiger partial charge in [-0.2, -0.15) is 0 Å². The van der Waals surface area contributed by atoms with E-state index in [1.54, 1.807) is 29.2 Å². The predicted molar refractivity (Wildman–Crippen MR) is 177 cm³/mol. The first-order valence-corrected chi connectivity index (χ1v) is 16.6. The lowest BCUT2D eigenvalue weighted by molar-refractivity contribution is -0.150. The van der Waals surface area contributed by atoms with Crippen LogP contribution in [0.4, 0.5) is 5.69 Å². The van der Waals surface area contributed by atoms with Gasteiger partial charge in [0.1, 0.15) is 17.4 Å². The summed E-state index contributed by atoms with van der Waals surface area (Å²) >= 11 is 0. The van der Waals surface area contributed by atoms with Crippen molar-refractivity contribution in [2.45, 2.75) is 103 Å². The van der Waals surface area contributed by atoms with Crippen molar-refractivity contribution < 1.29 is 29.0 Å². The molecular formula is C37H51N3O6. The van der Waals surface area contributed by atoms with Crippen LogP contribution in [0.5, 0.6) is 5.75 Å². The smallest absolute Gasteiger partial charge is 0.246 e. The standard InChI is InChI=1S/C37H51N3O6/c1-9-45-27-17-15-25(16-18-27)38-31(42)28-29-33(44)40(26(21-41)19-24-13-11-10-12-14-24)30(37(29)20-23(2)36(28,8)46-37)32(43)39-35(6,7)22-34(3,4)5/h10-18,23,26,28-30,41H,9,19-22H2,1-8H3,(H,38,42)(H,39,43)/t23?,26-,28+,29+,30?,36-,37?/m1/s1. The third kappa shape index (κ3) is 6.16. The quantitative estimate of drug-likeness (QED) is 0.322. The fourth-order valence-electron chi connectivity index (χ4n) is 8.70. The topological polar surface area (TPSA) is 117 Å². The van der Waals surface area contributed by atoms with Crippen LogP contribution in [0.1, 0.15) is 73.8 Å². The number of amides is 3. The molecule has 3 fully saturated rings. The molecule has 46 heavy (non-hydrogen) atoms. The molecule has 7 atom stereocenters. The van der Waals surface area contributed by atoms with Crippen LogP contribution in [-0.2, 0) is 25.5 Å². The number of hydrogen-bond acceptors (Lipinski definition) is 6. The molecule has 2 bridgehead atoms. The highest BCUT2D eigenvalue weighted by Crippen LogP contribution is 2.65. The van der Waals surface area contributed by atoms with E-state index >= 15 is 0 Å². The molecule has 5 rings (SSSR count). The number of aliphatic hydroxyl groups excluding tert-OH is 1. The lowest BCUT2D eigenvalue weighted by Crippen LogP contribution is -2.61. The van der Waals surface area contributed by atoms with Crippen LogP contribution in [0, 0.1) is 23.2 Å². The molecule has 3 unspecified atom stereocenters. The van der Waals surface area contributed by atoms with Gasteiger partial charge in [-0.1, -0.05) is 58.0 Å². The van der Waals surface area contributed by atoms with Crippen LogP contribution in [-0.4, -0.2) is 69.8 Å². The van der Waals surface area contributed by atoms with E-state index in [2.05, 4.69) is 31.4 Å². The summed E-state index contributed by atoms with van der Waals surface area (Å²) in [5.74, 6) is -2.10. The number of nitrogens with one attached hydrogen (secondary N) is 2. The number of carbonyl (C=O) groups is 3. The van der Waals surface area contributed by atoms with Gasteiger partial charge in [-0.15, -0.1) is 0 Å². The number of nitrogens with zero attached hydrogens (tertiary/aromatic N) is 1. The van der Waals surface area contributed by atoms with Crippen molar-refractivity contribution in [3.8, 4) is 5.75 Å². The molecule has 0 radical (unpaired) electrons. The van der Waals surface area contributed by atoms with Gasteiger partial charge in [-0.3, -0.25) is 14.4 Å². The third-order valence-electron chi connectivity index (χ3n) is 10.1. The number of ether oxygens (including phenoxy) is 2. The van der Waals surface area contributed by atoms with E-state index in [1.807, 2.05) is 65.0 Å². The Morgan fingerprint density at radius 1 is 1.07 bits per heavy atom. The first kappa shape index (κ1) is 33.9. The molecule has 3 amide bonds. The number of benzene rings is 2. The Morgan fingerprint density at radius 3 is 2.30 bits per heavy atom. The van der Waals surface area contributed by atoms with Crippen molar-refractivity contribution in [3.05, 3.63) is 60.2 Å². The minimum absolute atomic E-state index is 0.0575. The zero-order valence-corrected chi connectivity index (χ0v) is 28.6. The van der Waals surface area contributed by atoms with Gasteiger partial charge < -0.3 is 30.1 Å². The molecule has 9 heteroatoms. The largest absolute Gasteiger partial charge is 0.494 e. The van der Waals surface area contributed by atoms with E-state index in [0.717, 1.165) is 5.56 Å². The second-order valence-corrected chi connectivity index (χ2v) is 15.5. The monoisotopic (exact) mass is 633 g/mol. The first-order chi connectivity index (χ1) is 21.5. The second kappa shape index (κ2) is 12.3. The zero-order valence-electron chi connectivity index (χ0n) is 28.6. The Hall–Kier alpha value is -3.43. The van der Waals surface area contributed by atoms with E-state index < -0.39 is 40.7 Å². The van der Waals surface area contributed by atoms with Gasteiger partial charge in [0.25, 0.3) is 0 Å². The van der Waals surface area contributed by atoms with Gasteiger partial charge in [0.2, 0.25) is 17.7 Å². The lowest BCUT2D eigenvalue weighted by atomic mass is 9.62. The minimum Gasteiger partial charge on any atom is -0.494 e. The third-order valence-corrected chi connectivity index (χ3v) is 10.1. The number of carbonyl (C=O) groups excluding carboxylic acids is 3. The molecule has 250 valence electrons. The summed E-state index contributed by atoms with van der Waals surface area (Å²) in [6.07, 6.45) is 1.51. The highest BCUT2D eigenvalue weighted by atomic mass is 16.5. The van der Waals surface area contributed by atoms with Gasteiger partial charge in [-0.25, -0.2) is 0 Å². The molecule has 0 aromatic heterocycles. The van der Waals surface area contributed by atoms with Gasteiger partial charge in [0.05, 0.1) is 36.7 Å². The van der Waals surface area contributed by atoms with Crippen molar-refractivity contribution in [1.29, 1.82) is 0 Å². The summed E-state index contributed by atoms with van der Waals surface area (Å²) in [7, 11) is 0. The maximum atomic E-state index is 14.8. The Bertz CT molecular complexity index is 1440. The number of fused-ring (bicyclic) bond motifs is 1. The Labute approximate surface area is 273 Å². The number of rotatable bonds is 11. The highest BCUT2D eigenvalue weighted by molar-refractivity contribution is 6.02. The first-order valence-electron chi connectivity index (χ1n) is 16.6. The van der Waals surface area contributed by atoms with Crippen LogP contribution in [0.25, 0.3) is 0 Å². The van der Waals surface area contributed by atoms with Gasteiger partial charge >= 0.3 is 0 Å². The van der Waals surface area contributed by atoms with Crippen molar-refractivity contribution in [1.82, 2.24) is 10.2 Å². The van der Waals surface area contributed by atoms with Crippen LogP contribution in [0.15, 0.2) is 54.6 Å². The maximum absolute atomic E-state index is 14.8. The van der Waals surface area contributed by atoms with E-state index in [1.165, 1.54) is 0 Å². The van der Waals surface area contributed by atoms with Crippen molar-refractivity contribution in [2.75, 3.05) is 18.5 Å². The van der Waals surface area contributed by atoms with Gasteiger partial charge in [0.15, 0.2) is 0 Å². The summed E-state index contributed by atoms with van der Waals surface area (Å²) in [6, 6.07) is 15.1. The van der Waals surface area contributed by atoms with E-state index in [-0.39, 0.29) is 35.7 Å². The highest BCUT2D eigenvalue weighted by Gasteiger charge is 2.80. The fraction of sp³-hybridized carbons (Fsp3) is 0.595.